The summed E-state index contributed by atoms with van der Waals surface area (Å²) in [5.41, 5.74) is 3.80. The van der Waals surface area contributed by atoms with E-state index in [9.17, 15) is 19.8 Å². The third-order valence-corrected chi connectivity index (χ3v) is 8.29. The summed E-state index contributed by atoms with van der Waals surface area (Å²) < 4.78 is 69.8. The summed E-state index contributed by atoms with van der Waals surface area (Å²) in [6.07, 6.45) is 3.17. The van der Waals surface area contributed by atoms with Gasteiger partial charge in [0.05, 0.1) is 24.2 Å². The first-order valence-corrected chi connectivity index (χ1v) is 15.9. The number of amides is 1. The summed E-state index contributed by atoms with van der Waals surface area (Å²) in [5.74, 6) is -0.740. The van der Waals surface area contributed by atoms with Crippen LogP contribution < -0.4 is 5.43 Å². The molecule has 3 N–H and O–H groups in total. The normalized spacial score (nSPS) is 21.0. The number of rotatable bonds is 14. The van der Waals surface area contributed by atoms with E-state index >= 15 is 0 Å². The number of nitrogens with zero attached hydrogens (tertiary/aromatic N) is 1. The first-order chi connectivity index (χ1) is 24.3. The van der Waals surface area contributed by atoms with Crippen molar-refractivity contribution in [2.45, 2.75) is 90.6 Å². The number of aliphatic hydroxyl groups is 1. The highest BCUT2D eigenvalue weighted by Gasteiger charge is 2.57. The van der Waals surface area contributed by atoms with Gasteiger partial charge < -0.3 is 29.2 Å². The maximum Gasteiger partial charge on any atom is 0.428 e. The van der Waals surface area contributed by atoms with Gasteiger partial charge in [-0.05, 0) is 77.3 Å². The van der Waals surface area contributed by atoms with Crippen molar-refractivity contribution in [3.8, 4) is 0 Å². The molecule has 2 saturated carbocycles. The van der Waals surface area contributed by atoms with Gasteiger partial charge in [0.25, 0.3) is 0 Å². The molecule has 0 aromatic heterocycles. The fraction of sp³-hybridized carbons (Fsp3) is 0.571. The number of hydrogen-bond donors (Lipinski definition) is 3. The lowest BCUT2D eigenvalue weighted by atomic mass is 9.58. The molecule has 0 bridgehead atoms. The molecule has 2 aromatic rings. The number of methoxy groups -OCH3 is 1. The van der Waals surface area contributed by atoms with E-state index in [1.807, 2.05) is 67.6 Å². The second kappa shape index (κ2) is 26.0. The summed E-state index contributed by atoms with van der Waals surface area (Å²) in [5, 5.41) is 23.2. The Hall–Kier alpha value is -3.80. The lowest BCUT2D eigenvalue weighted by Crippen LogP contribution is -2.55. The van der Waals surface area contributed by atoms with Crippen molar-refractivity contribution in [3.63, 3.8) is 0 Å². The number of nitrogens with one attached hydrogen (secondary N) is 1. The van der Waals surface area contributed by atoms with Crippen molar-refractivity contribution >= 4 is 17.8 Å². The topological polar surface area (TPSA) is 136 Å². The van der Waals surface area contributed by atoms with Gasteiger partial charge in [0.1, 0.15) is 5.60 Å². The minimum absolute atomic E-state index is 0. The number of ether oxygens (including phenoxy) is 4. The van der Waals surface area contributed by atoms with Crippen molar-refractivity contribution in [1.82, 2.24) is 5.43 Å². The largest absolute Gasteiger partial charge is 0.481 e. The first-order valence-electron chi connectivity index (χ1n) is 15.9. The van der Waals surface area contributed by atoms with Crippen LogP contribution in [0.2, 0.25) is 0 Å². The van der Waals surface area contributed by atoms with Crippen LogP contribution in [-0.2, 0) is 37.0 Å². The molecular formula is C35H51F7N2O8. The number of hydrazone groups is 1. The van der Waals surface area contributed by atoms with E-state index in [0.29, 0.717) is 58.5 Å². The van der Waals surface area contributed by atoms with Crippen LogP contribution in [0.1, 0.15) is 77.3 Å². The van der Waals surface area contributed by atoms with Gasteiger partial charge in [0.2, 0.25) is 0 Å². The zero-order chi connectivity index (χ0) is 39.0. The lowest BCUT2D eigenvalue weighted by molar-refractivity contribution is -0.187. The minimum atomic E-state index is -0.740. The van der Waals surface area contributed by atoms with E-state index in [-0.39, 0.29) is 22.3 Å². The van der Waals surface area contributed by atoms with E-state index in [0.717, 1.165) is 23.3 Å². The predicted octanol–water partition coefficient (Wildman–Crippen LogP) is 8.78. The predicted molar refractivity (Wildman–Crippen MR) is 181 cm³/mol. The summed E-state index contributed by atoms with van der Waals surface area (Å²) in [6.45, 7) is 9.59. The zero-order valence-electron chi connectivity index (χ0n) is 30.0. The van der Waals surface area contributed by atoms with Crippen LogP contribution in [0.4, 0.5) is 36.9 Å². The quantitative estimate of drug-likeness (QED) is 0.0988. The Morgan fingerprint density at radius 1 is 0.827 bits per heavy atom. The molecule has 52 heavy (non-hydrogen) atoms. The molecule has 298 valence electrons. The number of carboxylic acid groups (broad SMARTS) is 1. The van der Waals surface area contributed by atoms with Gasteiger partial charge >= 0.3 is 12.1 Å². The van der Waals surface area contributed by atoms with E-state index in [2.05, 4.69) is 10.5 Å². The number of carbonyl (C=O) groups is 2. The Kier molecular flexibility index (Phi) is 25.2. The molecule has 0 spiro atoms. The van der Waals surface area contributed by atoms with Gasteiger partial charge in [-0.2, -0.15) is 5.10 Å². The Bertz CT molecular complexity index is 1260. The van der Waals surface area contributed by atoms with Gasteiger partial charge in [-0.15, -0.1) is 0 Å². The molecular weight excluding hydrogens is 709 g/mol. The monoisotopic (exact) mass is 760 g/mol. The van der Waals surface area contributed by atoms with E-state index in [1.165, 1.54) is 0 Å². The van der Waals surface area contributed by atoms with Crippen LogP contribution in [0.25, 0.3) is 0 Å². The zero-order valence-corrected chi connectivity index (χ0v) is 30.0. The van der Waals surface area contributed by atoms with Crippen LogP contribution >= 0.6 is 0 Å². The van der Waals surface area contributed by atoms with Crippen LogP contribution in [0.15, 0.2) is 65.8 Å². The SMILES string of the molecule is CC(C)(C)OC(=O)NN=C1CC(CO)(CCOCc2ccccc2)C1.COC1(C)CC(CCOCc2ccccc2)(C(=O)O)C1.F.FF.FF.FF. The average Bonchev–Trinajstić information content (AvgIpc) is 3.11. The van der Waals surface area contributed by atoms with Gasteiger partial charge in [-0.1, -0.05) is 60.7 Å². The van der Waals surface area contributed by atoms with Crippen molar-refractivity contribution < 1.29 is 70.9 Å². The molecule has 4 rings (SSSR count). The minimum Gasteiger partial charge on any atom is -0.481 e. The number of aliphatic carboxylic acids is 1. The molecule has 17 heteroatoms. The molecule has 0 unspecified atom stereocenters. The second-order valence-corrected chi connectivity index (χ2v) is 13.5. The lowest BCUT2D eigenvalue weighted by Gasteiger charge is -2.51. The van der Waals surface area contributed by atoms with Crippen molar-refractivity contribution in [1.29, 1.82) is 0 Å². The van der Waals surface area contributed by atoms with E-state index in [1.54, 1.807) is 27.9 Å². The first kappa shape index (κ1) is 50.3. The molecule has 10 nitrogen and oxygen atoms in total. The van der Waals surface area contributed by atoms with Crippen molar-refractivity contribution in [2.24, 2.45) is 15.9 Å². The highest BCUT2D eigenvalue weighted by Crippen LogP contribution is 2.52. The molecule has 1 amide bonds. The van der Waals surface area contributed by atoms with Crippen LogP contribution in [0.5, 0.6) is 0 Å². The fourth-order valence-electron chi connectivity index (χ4n) is 5.73. The number of hydrogen-bond acceptors (Lipinski definition) is 8. The van der Waals surface area contributed by atoms with Gasteiger partial charge in [0, 0.05) is 65.5 Å². The van der Waals surface area contributed by atoms with Crippen LogP contribution in [-0.4, -0.2) is 66.1 Å². The second-order valence-electron chi connectivity index (χ2n) is 13.5. The maximum atomic E-state index is 11.6. The Morgan fingerprint density at radius 2 is 1.27 bits per heavy atom. The highest BCUT2D eigenvalue weighted by atomic mass is 20.0. The molecule has 0 radical (unpaired) electrons. The molecule has 0 atom stereocenters. The molecule has 2 aromatic carbocycles. The number of benzene rings is 2. The van der Waals surface area contributed by atoms with Crippen LogP contribution in [0.3, 0.4) is 0 Å². The van der Waals surface area contributed by atoms with Gasteiger partial charge in [-0.3, -0.25) is 9.50 Å². The standard InChI is InChI=1S/C19H28N2O4.C16H22O4.3F2.FH/c1-18(2,3)25-17(23)21-20-16-11-19(12-16,14-22)9-10-24-13-15-7-5-4-6-8-15;1-15(19-2)11-16(12-15,14(17)18)8-9-20-10-13-6-4-3-5-7-13;3*1-2;/h4-8,22H,9-14H2,1-3H3,(H,21,23);3-7H,8-12H2,1-2H3,(H,17,18);;;;1H. The van der Waals surface area contributed by atoms with E-state index in [4.69, 9.17) is 46.4 Å². The summed E-state index contributed by atoms with van der Waals surface area (Å²) in [7, 11) is 1.64. The molecule has 0 heterocycles. The van der Waals surface area contributed by atoms with E-state index < -0.39 is 23.1 Å². The summed E-state index contributed by atoms with van der Waals surface area (Å²) >= 11 is 0. The van der Waals surface area contributed by atoms with Crippen molar-refractivity contribution in [2.75, 3.05) is 26.9 Å². The fourth-order valence-corrected chi connectivity index (χ4v) is 5.73. The molecule has 0 saturated heterocycles. The summed E-state index contributed by atoms with van der Waals surface area (Å²) in [6, 6.07) is 19.9. The number of halogens is 7. The van der Waals surface area contributed by atoms with Gasteiger partial charge in [0.15, 0.2) is 0 Å². The molecule has 2 fully saturated rings. The molecule has 2 aliphatic carbocycles. The Labute approximate surface area is 299 Å². The Morgan fingerprint density at radius 3 is 1.65 bits per heavy atom. The molecule has 0 aliphatic heterocycles. The highest BCUT2D eigenvalue weighted by molar-refractivity contribution is 5.92. The maximum absolute atomic E-state index is 11.6. The number of carboxylic acids is 1. The average molecular weight is 761 g/mol. The Balaban J connectivity index is 0. The summed E-state index contributed by atoms with van der Waals surface area (Å²) in [4.78, 5) is 23.0. The van der Waals surface area contributed by atoms with Gasteiger partial charge in [-0.25, -0.2) is 10.2 Å². The number of carbonyl (C=O) groups excluding carboxylic acids is 1. The third kappa shape index (κ3) is 18.1. The molecule has 2 aliphatic rings. The third-order valence-electron chi connectivity index (χ3n) is 8.29. The smallest absolute Gasteiger partial charge is 0.428 e. The van der Waals surface area contributed by atoms with Crippen LogP contribution in [0, 0.1) is 10.8 Å². The number of aliphatic hydroxyl groups excluding tert-OH is 1. The van der Waals surface area contributed by atoms with Crippen molar-refractivity contribution in [3.05, 3.63) is 71.8 Å².